The molecule has 0 bridgehead atoms. The minimum absolute atomic E-state index is 0.000405. The maximum Gasteiger partial charge on any atom is 0.255 e. The molecule has 0 radical (unpaired) electrons. The van der Waals surface area contributed by atoms with Crippen LogP contribution in [0.2, 0.25) is 5.02 Å². The second kappa shape index (κ2) is 10.5. The first-order valence-electron chi connectivity index (χ1n) is 12.2. The second-order valence-corrected chi connectivity index (χ2v) is 9.46. The van der Waals surface area contributed by atoms with Crippen molar-refractivity contribution in [1.29, 1.82) is 0 Å². The molecule has 188 valence electrons. The van der Waals surface area contributed by atoms with Crippen LogP contribution in [0.4, 0.5) is 0 Å². The molecule has 6 nitrogen and oxygen atoms in total. The van der Waals surface area contributed by atoms with E-state index in [4.69, 9.17) is 16.3 Å². The number of amides is 2. The van der Waals surface area contributed by atoms with Gasteiger partial charge in [0.2, 0.25) is 0 Å². The van der Waals surface area contributed by atoms with Gasteiger partial charge in [0.25, 0.3) is 11.8 Å². The summed E-state index contributed by atoms with van der Waals surface area (Å²) in [7, 11) is 1.64. The van der Waals surface area contributed by atoms with Gasteiger partial charge in [-0.05, 0) is 67.1 Å². The molecule has 7 heteroatoms. The van der Waals surface area contributed by atoms with Crippen LogP contribution in [0.25, 0.3) is 16.9 Å². The molecular weight excluding hydrogens is 486 g/mol. The molecule has 1 aromatic heterocycles. The van der Waals surface area contributed by atoms with Gasteiger partial charge in [-0.25, -0.2) is 0 Å². The Morgan fingerprint density at radius 3 is 1.97 bits per heavy atom. The highest BCUT2D eigenvalue weighted by Crippen LogP contribution is 2.32. The molecule has 0 N–H and O–H groups in total. The van der Waals surface area contributed by atoms with E-state index in [1.165, 1.54) is 0 Å². The number of aromatic nitrogens is 1. The maximum absolute atomic E-state index is 13.7. The lowest BCUT2D eigenvalue weighted by atomic mass is 10.1. The molecule has 37 heavy (non-hydrogen) atoms. The van der Waals surface area contributed by atoms with Crippen molar-refractivity contribution in [3.8, 4) is 22.7 Å². The van der Waals surface area contributed by atoms with E-state index in [2.05, 4.69) is 4.57 Å². The number of benzene rings is 3. The molecule has 2 amide bonds. The zero-order valence-corrected chi connectivity index (χ0v) is 21.6. The summed E-state index contributed by atoms with van der Waals surface area (Å²) in [4.78, 5) is 30.2. The first-order valence-corrected chi connectivity index (χ1v) is 12.6. The van der Waals surface area contributed by atoms with E-state index in [0.29, 0.717) is 42.3 Å². The van der Waals surface area contributed by atoms with Gasteiger partial charge in [0.15, 0.2) is 0 Å². The SMILES string of the molecule is COc1ccc(-n2c(-c3ccc(Cl)cc3)cc(C(=O)N3CCN(C(=O)c4ccccc4)CC3)c2C)cc1. The van der Waals surface area contributed by atoms with Crippen LogP contribution in [0.1, 0.15) is 26.4 Å². The molecule has 5 rings (SSSR count). The predicted molar refractivity (Wildman–Crippen MR) is 146 cm³/mol. The topological polar surface area (TPSA) is 54.8 Å². The van der Waals surface area contributed by atoms with Crippen LogP contribution in [-0.2, 0) is 0 Å². The van der Waals surface area contributed by atoms with E-state index in [-0.39, 0.29) is 11.8 Å². The number of nitrogens with zero attached hydrogens (tertiary/aromatic N) is 3. The van der Waals surface area contributed by atoms with Gasteiger partial charge < -0.3 is 19.1 Å². The van der Waals surface area contributed by atoms with Gasteiger partial charge in [-0.15, -0.1) is 0 Å². The Balaban J connectivity index is 1.43. The standard InChI is InChI=1S/C30H28ClN3O3/c1-21-27(30(36)33-18-16-32(17-19-33)29(35)23-6-4-3-5-7-23)20-28(22-8-10-24(31)11-9-22)34(21)25-12-14-26(37-2)15-13-25/h3-15,20H,16-19H2,1-2H3. The Labute approximate surface area is 221 Å². The fourth-order valence-electron chi connectivity index (χ4n) is 4.77. The summed E-state index contributed by atoms with van der Waals surface area (Å²) in [5.41, 5.74) is 4.95. The van der Waals surface area contributed by atoms with Crippen LogP contribution < -0.4 is 4.74 Å². The smallest absolute Gasteiger partial charge is 0.255 e. The lowest BCUT2D eigenvalue weighted by Crippen LogP contribution is -2.50. The summed E-state index contributed by atoms with van der Waals surface area (Å²) in [6.07, 6.45) is 0. The van der Waals surface area contributed by atoms with Crippen molar-refractivity contribution in [1.82, 2.24) is 14.4 Å². The highest BCUT2D eigenvalue weighted by atomic mass is 35.5. The molecule has 3 aromatic carbocycles. The van der Waals surface area contributed by atoms with Crippen molar-refractivity contribution in [3.63, 3.8) is 0 Å². The fourth-order valence-corrected chi connectivity index (χ4v) is 4.89. The summed E-state index contributed by atoms with van der Waals surface area (Å²) in [5, 5.41) is 0.655. The normalized spacial score (nSPS) is 13.5. The van der Waals surface area contributed by atoms with E-state index in [1.54, 1.807) is 7.11 Å². The lowest BCUT2D eigenvalue weighted by molar-refractivity contribution is 0.0535. The predicted octanol–water partition coefficient (Wildman–Crippen LogP) is 5.71. The largest absolute Gasteiger partial charge is 0.497 e. The average Bonchev–Trinajstić information content (AvgIpc) is 3.30. The number of methoxy groups -OCH3 is 1. The third-order valence-electron chi connectivity index (χ3n) is 6.82. The number of carbonyl (C=O) groups excluding carboxylic acids is 2. The zero-order valence-electron chi connectivity index (χ0n) is 20.9. The van der Waals surface area contributed by atoms with Gasteiger partial charge in [0.05, 0.1) is 18.4 Å². The van der Waals surface area contributed by atoms with Crippen LogP contribution in [-0.4, -0.2) is 59.5 Å². The van der Waals surface area contributed by atoms with Crippen molar-refractivity contribution in [2.45, 2.75) is 6.92 Å². The lowest BCUT2D eigenvalue weighted by Gasteiger charge is -2.34. The molecule has 1 saturated heterocycles. The molecule has 1 aliphatic heterocycles. The number of carbonyl (C=O) groups is 2. The molecule has 1 aliphatic rings. The summed E-state index contributed by atoms with van der Waals surface area (Å²) < 4.78 is 7.42. The second-order valence-electron chi connectivity index (χ2n) is 9.02. The Kier molecular flexibility index (Phi) is 7.01. The van der Waals surface area contributed by atoms with Crippen LogP contribution in [0.5, 0.6) is 5.75 Å². The number of hydrogen-bond acceptors (Lipinski definition) is 3. The Hall–Kier alpha value is -4.03. The minimum Gasteiger partial charge on any atom is -0.497 e. The molecule has 0 spiro atoms. The zero-order chi connectivity index (χ0) is 25.9. The van der Waals surface area contributed by atoms with Gasteiger partial charge in [-0.3, -0.25) is 9.59 Å². The molecular formula is C30H28ClN3O3. The van der Waals surface area contributed by atoms with Crippen molar-refractivity contribution >= 4 is 23.4 Å². The van der Waals surface area contributed by atoms with E-state index >= 15 is 0 Å². The Bertz CT molecular complexity index is 1410. The van der Waals surface area contributed by atoms with Crippen molar-refractivity contribution in [3.05, 3.63) is 107 Å². The average molecular weight is 514 g/mol. The van der Waals surface area contributed by atoms with E-state index in [1.807, 2.05) is 102 Å². The van der Waals surface area contributed by atoms with Gasteiger partial charge in [0, 0.05) is 48.1 Å². The monoisotopic (exact) mass is 513 g/mol. The van der Waals surface area contributed by atoms with Crippen molar-refractivity contribution in [2.24, 2.45) is 0 Å². The van der Waals surface area contributed by atoms with Crippen molar-refractivity contribution in [2.75, 3.05) is 33.3 Å². The number of hydrogen-bond donors (Lipinski definition) is 0. The van der Waals surface area contributed by atoms with E-state index in [0.717, 1.165) is 28.4 Å². The number of piperazine rings is 1. The van der Waals surface area contributed by atoms with E-state index < -0.39 is 0 Å². The fraction of sp³-hybridized carbons (Fsp3) is 0.200. The molecule has 2 heterocycles. The molecule has 4 aromatic rings. The van der Waals surface area contributed by atoms with E-state index in [9.17, 15) is 9.59 Å². The molecule has 0 atom stereocenters. The van der Waals surface area contributed by atoms with Gasteiger partial charge in [-0.2, -0.15) is 0 Å². The van der Waals surface area contributed by atoms with Crippen LogP contribution in [0.15, 0.2) is 84.9 Å². The first kappa shape index (κ1) is 24.7. The summed E-state index contributed by atoms with van der Waals surface area (Å²) in [5.74, 6) is 0.729. The highest BCUT2D eigenvalue weighted by Gasteiger charge is 2.28. The molecule has 1 fully saturated rings. The minimum atomic E-state index is -0.0354. The Morgan fingerprint density at radius 2 is 1.38 bits per heavy atom. The van der Waals surface area contributed by atoms with Gasteiger partial charge >= 0.3 is 0 Å². The molecule has 0 unspecified atom stereocenters. The third-order valence-corrected chi connectivity index (χ3v) is 7.07. The number of ether oxygens (including phenoxy) is 1. The van der Waals surface area contributed by atoms with Crippen LogP contribution in [0, 0.1) is 6.92 Å². The third kappa shape index (κ3) is 4.98. The maximum atomic E-state index is 13.7. The van der Waals surface area contributed by atoms with Gasteiger partial charge in [0.1, 0.15) is 5.75 Å². The van der Waals surface area contributed by atoms with Crippen molar-refractivity contribution < 1.29 is 14.3 Å². The van der Waals surface area contributed by atoms with Gasteiger partial charge in [-0.1, -0.05) is 41.9 Å². The summed E-state index contributed by atoms with van der Waals surface area (Å²) in [6, 6.07) is 26.6. The molecule has 0 aliphatic carbocycles. The highest BCUT2D eigenvalue weighted by molar-refractivity contribution is 6.30. The summed E-state index contributed by atoms with van der Waals surface area (Å²) in [6.45, 7) is 3.94. The van der Waals surface area contributed by atoms with Crippen LogP contribution in [0.3, 0.4) is 0 Å². The number of halogens is 1. The quantitative estimate of drug-likeness (QED) is 0.343. The van der Waals surface area contributed by atoms with Crippen LogP contribution >= 0.6 is 11.6 Å². The summed E-state index contributed by atoms with van der Waals surface area (Å²) >= 11 is 6.14. The number of rotatable bonds is 5. The Morgan fingerprint density at radius 1 is 0.784 bits per heavy atom. The first-order chi connectivity index (χ1) is 18.0. The molecule has 0 saturated carbocycles.